The van der Waals surface area contributed by atoms with E-state index in [2.05, 4.69) is 26.2 Å². The van der Waals surface area contributed by atoms with Gasteiger partial charge in [0, 0.05) is 20.6 Å². The van der Waals surface area contributed by atoms with Crippen molar-refractivity contribution in [3.63, 3.8) is 0 Å². The highest BCUT2D eigenvalue weighted by Crippen LogP contribution is 2.30. The maximum atomic E-state index is 12.6. The molecule has 0 unspecified atom stereocenters. The monoisotopic (exact) mass is 449 g/mol. The molecule has 0 saturated heterocycles. The smallest absolute Gasteiger partial charge is 0.322 e. The van der Waals surface area contributed by atoms with Gasteiger partial charge in [-0.25, -0.2) is 4.99 Å². The van der Waals surface area contributed by atoms with E-state index in [1.807, 2.05) is 24.3 Å². The number of benzodiazepines with no additional fused rings is 1. The molecule has 0 radical (unpaired) electrons. The topological polar surface area (TPSA) is 71.0 Å². The van der Waals surface area contributed by atoms with Gasteiger partial charge in [-0.1, -0.05) is 45.7 Å². The number of aliphatic imine (C=N–C) groups is 1. The van der Waals surface area contributed by atoms with Crippen LogP contribution in [0, 0.1) is 0 Å². The molecule has 0 bridgehead atoms. The SMILES string of the molecule is CN(C)CC(=O)O[C@H]1N=C(c2ccccc2Cl)c2cc(Br)ccc2NC1=O. The number of fused-ring (bicyclic) bond motifs is 1. The fraction of sp³-hybridized carbons (Fsp3) is 0.211. The van der Waals surface area contributed by atoms with E-state index in [4.69, 9.17) is 16.3 Å². The van der Waals surface area contributed by atoms with Crippen molar-refractivity contribution in [2.24, 2.45) is 4.99 Å². The Balaban J connectivity index is 2.10. The Labute approximate surface area is 170 Å². The van der Waals surface area contributed by atoms with Gasteiger partial charge < -0.3 is 10.1 Å². The molecule has 2 aromatic carbocycles. The number of hydrogen-bond acceptors (Lipinski definition) is 5. The first-order chi connectivity index (χ1) is 12.8. The second kappa shape index (κ2) is 8.21. The van der Waals surface area contributed by atoms with Crippen LogP contribution in [-0.4, -0.2) is 49.4 Å². The van der Waals surface area contributed by atoms with E-state index in [-0.39, 0.29) is 6.54 Å². The molecule has 2 aromatic rings. The fourth-order valence-corrected chi connectivity index (χ4v) is 3.22. The Morgan fingerprint density at radius 1 is 1.26 bits per heavy atom. The average molecular weight is 451 g/mol. The lowest BCUT2D eigenvalue weighted by Crippen LogP contribution is -2.34. The van der Waals surface area contributed by atoms with Crippen molar-refractivity contribution in [2.45, 2.75) is 6.23 Å². The van der Waals surface area contributed by atoms with Crippen molar-refractivity contribution < 1.29 is 14.3 Å². The van der Waals surface area contributed by atoms with Crippen LogP contribution in [0.1, 0.15) is 11.1 Å². The molecule has 8 heteroatoms. The lowest BCUT2D eigenvalue weighted by Gasteiger charge is -2.14. The largest absolute Gasteiger partial charge is 0.429 e. The van der Waals surface area contributed by atoms with Gasteiger partial charge in [0.05, 0.1) is 17.9 Å². The third-order valence-corrected chi connectivity index (χ3v) is 4.61. The standard InChI is InChI=1S/C19H17BrClN3O3/c1-24(2)10-16(25)27-19-18(26)22-15-8-7-11(20)9-13(15)17(23-19)12-5-3-4-6-14(12)21/h3-9,19H,10H2,1-2H3,(H,22,26)/t19-/m1/s1. The van der Waals surface area contributed by atoms with Gasteiger partial charge >= 0.3 is 5.97 Å². The van der Waals surface area contributed by atoms with Gasteiger partial charge in [-0.3, -0.25) is 14.5 Å². The van der Waals surface area contributed by atoms with E-state index < -0.39 is 18.1 Å². The number of nitrogens with one attached hydrogen (secondary N) is 1. The first-order valence-corrected chi connectivity index (χ1v) is 9.30. The van der Waals surface area contributed by atoms with Gasteiger partial charge in [0.2, 0.25) is 0 Å². The minimum absolute atomic E-state index is 0.0409. The van der Waals surface area contributed by atoms with Gasteiger partial charge in [0.15, 0.2) is 0 Å². The van der Waals surface area contributed by atoms with E-state index in [1.165, 1.54) is 0 Å². The van der Waals surface area contributed by atoms with Crippen LogP contribution >= 0.6 is 27.5 Å². The number of hydrogen-bond donors (Lipinski definition) is 1. The number of nitrogens with zero attached hydrogens (tertiary/aromatic N) is 2. The first-order valence-electron chi connectivity index (χ1n) is 8.13. The molecule has 1 N–H and O–H groups in total. The summed E-state index contributed by atoms with van der Waals surface area (Å²) in [6, 6.07) is 12.6. The molecule has 0 spiro atoms. The number of anilines is 1. The minimum atomic E-state index is -1.31. The third kappa shape index (κ3) is 4.55. The van der Waals surface area contributed by atoms with Crippen molar-refractivity contribution in [3.8, 4) is 0 Å². The molecule has 6 nitrogen and oxygen atoms in total. The molecule has 1 atom stereocenters. The number of carbonyl (C=O) groups excluding carboxylic acids is 2. The van der Waals surface area contributed by atoms with E-state index in [1.54, 1.807) is 37.2 Å². The molecule has 3 rings (SSSR count). The van der Waals surface area contributed by atoms with Crippen LogP contribution in [0.3, 0.4) is 0 Å². The minimum Gasteiger partial charge on any atom is -0.429 e. The zero-order valence-corrected chi connectivity index (χ0v) is 17.0. The van der Waals surface area contributed by atoms with Crippen molar-refractivity contribution in [1.82, 2.24) is 4.90 Å². The summed E-state index contributed by atoms with van der Waals surface area (Å²) in [5.41, 5.74) is 2.35. The molecule has 27 heavy (non-hydrogen) atoms. The third-order valence-electron chi connectivity index (χ3n) is 3.78. The summed E-state index contributed by atoms with van der Waals surface area (Å²) < 4.78 is 6.13. The van der Waals surface area contributed by atoms with Crippen LogP contribution in [0.4, 0.5) is 5.69 Å². The summed E-state index contributed by atoms with van der Waals surface area (Å²) in [5.74, 6) is -1.07. The molecule has 0 aliphatic carbocycles. The van der Waals surface area contributed by atoms with Crippen LogP contribution in [0.15, 0.2) is 51.9 Å². The zero-order valence-electron chi connectivity index (χ0n) is 14.7. The summed E-state index contributed by atoms with van der Waals surface area (Å²) in [7, 11) is 3.47. The molecule has 1 aliphatic rings. The van der Waals surface area contributed by atoms with Gasteiger partial charge in [-0.05, 0) is 38.4 Å². The lowest BCUT2D eigenvalue weighted by molar-refractivity contribution is -0.154. The highest BCUT2D eigenvalue weighted by atomic mass is 79.9. The highest BCUT2D eigenvalue weighted by molar-refractivity contribution is 9.10. The summed E-state index contributed by atoms with van der Waals surface area (Å²) in [4.78, 5) is 30.8. The summed E-state index contributed by atoms with van der Waals surface area (Å²) in [5, 5.41) is 3.25. The van der Waals surface area contributed by atoms with Gasteiger partial charge in [-0.15, -0.1) is 0 Å². The summed E-state index contributed by atoms with van der Waals surface area (Å²) >= 11 is 9.80. The Morgan fingerprint density at radius 2 is 2.00 bits per heavy atom. The molecule has 1 amide bonds. The van der Waals surface area contributed by atoms with Gasteiger partial charge in [0.25, 0.3) is 12.1 Å². The predicted octanol–water partition coefficient (Wildman–Crippen LogP) is 3.32. The normalized spacial score (nSPS) is 16.3. The number of halogens is 2. The second-order valence-electron chi connectivity index (χ2n) is 6.22. The maximum absolute atomic E-state index is 12.6. The number of benzene rings is 2. The average Bonchev–Trinajstić information content (AvgIpc) is 2.72. The second-order valence-corrected chi connectivity index (χ2v) is 7.54. The lowest BCUT2D eigenvalue weighted by atomic mass is 10.0. The Hall–Kier alpha value is -2.22. The van der Waals surface area contributed by atoms with E-state index >= 15 is 0 Å². The van der Waals surface area contributed by atoms with Crippen molar-refractivity contribution in [2.75, 3.05) is 26.0 Å². The Morgan fingerprint density at radius 3 is 2.70 bits per heavy atom. The molecule has 0 aromatic heterocycles. The molecule has 140 valence electrons. The number of amides is 1. The predicted molar refractivity (Wildman–Crippen MR) is 108 cm³/mol. The van der Waals surface area contributed by atoms with Crippen LogP contribution in [-0.2, 0) is 14.3 Å². The molecule has 1 heterocycles. The molecular weight excluding hydrogens is 434 g/mol. The molecule has 1 aliphatic heterocycles. The zero-order chi connectivity index (χ0) is 19.6. The first kappa shape index (κ1) is 19.5. The molecule has 0 fully saturated rings. The number of carbonyl (C=O) groups is 2. The number of rotatable bonds is 4. The van der Waals surface area contributed by atoms with E-state index in [9.17, 15) is 9.59 Å². The van der Waals surface area contributed by atoms with Crippen molar-refractivity contribution in [1.29, 1.82) is 0 Å². The Bertz CT molecular complexity index is 930. The van der Waals surface area contributed by atoms with Gasteiger partial charge in [-0.2, -0.15) is 0 Å². The summed E-state index contributed by atoms with van der Waals surface area (Å²) in [6.45, 7) is 0.0409. The quantitative estimate of drug-likeness (QED) is 0.726. The van der Waals surface area contributed by atoms with Crippen molar-refractivity contribution >= 4 is 50.8 Å². The highest BCUT2D eigenvalue weighted by Gasteiger charge is 2.29. The number of ether oxygens (including phenoxy) is 1. The van der Waals surface area contributed by atoms with Crippen LogP contribution in [0.5, 0.6) is 0 Å². The number of likely N-dealkylation sites (N-methyl/N-ethyl adjacent to an activating group) is 1. The maximum Gasteiger partial charge on any atom is 0.322 e. The molecular formula is C19H17BrClN3O3. The fourth-order valence-electron chi connectivity index (χ4n) is 2.63. The summed E-state index contributed by atoms with van der Waals surface area (Å²) in [6.07, 6.45) is -1.31. The van der Waals surface area contributed by atoms with Crippen LogP contribution in [0.2, 0.25) is 5.02 Å². The Kier molecular flexibility index (Phi) is 5.94. The van der Waals surface area contributed by atoms with Crippen LogP contribution < -0.4 is 5.32 Å². The number of esters is 1. The van der Waals surface area contributed by atoms with Crippen molar-refractivity contribution in [3.05, 3.63) is 63.1 Å². The van der Waals surface area contributed by atoms with E-state index in [0.29, 0.717) is 27.5 Å². The molecule has 0 saturated carbocycles. The van der Waals surface area contributed by atoms with E-state index in [0.717, 1.165) is 4.47 Å². The van der Waals surface area contributed by atoms with Gasteiger partial charge in [0.1, 0.15) is 0 Å². The van der Waals surface area contributed by atoms with Crippen LogP contribution in [0.25, 0.3) is 0 Å².